The van der Waals surface area contributed by atoms with Crippen LogP contribution in [0.1, 0.15) is 37.8 Å². The second-order valence-corrected chi connectivity index (χ2v) is 7.55. The highest BCUT2D eigenvalue weighted by atomic mass is 32.2. The molecular formula is C12H20N4O3S. The number of nitrogens with one attached hydrogen (secondary N) is 1. The molecule has 1 N–H and O–H groups in total. The molecule has 1 aliphatic heterocycles. The van der Waals surface area contributed by atoms with Crippen molar-refractivity contribution in [3.8, 4) is 0 Å². The molecule has 20 heavy (non-hydrogen) atoms. The van der Waals surface area contributed by atoms with Gasteiger partial charge >= 0.3 is 0 Å². The monoisotopic (exact) mass is 300 g/mol. The zero-order valence-electron chi connectivity index (χ0n) is 11.8. The summed E-state index contributed by atoms with van der Waals surface area (Å²) >= 11 is 0. The van der Waals surface area contributed by atoms with Crippen molar-refractivity contribution >= 4 is 15.7 Å². The molecule has 0 aromatic carbocycles. The molecule has 0 saturated heterocycles. The lowest BCUT2D eigenvalue weighted by Gasteiger charge is -2.11. The number of aryl methyl sites for hydroxylation is 1. The lowest BCUT2D eigenvalue weighted by atomic mass is 10.2. The number of hydrogen-bond donors (Lipinski definition) is 1. The van der Waals surface area contributed by atoms with Crippen molar-refractivity contribution in [2.75, 3.05) is 6.26 Å². The van der Waals surface area contributed by atoms with Crippen LogP contribution in [0.2, 0.25) is 0 Å². The summed E-state index contributed by atoms with van der Waals surface area (Å²) in [7, 11) is -3.37. The average molecular weight is 300 g/mol. The zero-order valence-corrected chi connectivity index (χ0v) is 12.6. The van der Waals surface area contributed by atoms with Gasteiger partial charge in [0.05, 0.1) is 6.54 Å². The lowest BCUT2D eigenvalue weighted by molar-refractivity contribution is -0.120. The summed E-state index contributed by atoms with van der Waals surface area (Å²) in [5.41, 5.74) is 0. The molecule has 8 heteroatoms. The van der Waals surface area contributed by atoms with Gasteiger partial charge in [0.25, 0.3) is 0 Å². The Bertz CT molecular complexity index is 594. The molecule has 1 amide bonds. The quantitative estimate of drug-likeness (QED) is 0.848. The number of sulfone groups is 1. The molecule has 2 heterocycles. The molecule has 1 aromatic rings. The van der Waals surface area contributed by atoms with E-state index in [1.165, 1.54) is 13.3 Å². The maximum Gasteiger partial charge on any atom is 0.238 e. The fourth-order valence-corrected chi connectivity index (χ4v) is 2.65. The van der Waals surface area contributed by atoms with Crippen LogP contribution >= 0.6 is 0 Å². The van der Waals surface area contributed by atoms with E-state index in [-0.39, 0.29) is 6.54 Å². The van der Waals surface area contributed by atoms with Crippen molar-refractivity contribution in [3.05, 3.63) is 11.6 Å². The van der Waals surface area contributed by atoms with Crippen LogP contribution in [-0.4, -0.2) is 40.6 Å². The summed E-state index contributed by atoms with van der Waals surface area (Å²) in [5, 5.41) is 9.79. The molecule has 0 saturated carbocycles. The van der Waals surface area contributed by atoms with Gasteiger partial charge in [-0.1, -0.05) is 6.42 Å². The van der Waals surface area contributed by atoms with Gasteiger partial charge in [-0.3, -0.25) is 4.79 Å². The fourth-order valence-electron chi connectivity index (χ4n) is 2.18. The second kappa shape index (κ2) is 5.90. The van der Waals surface area contributed by atoms with E-state index in [1.54, 1.807) is 0 Å². The van der Waals surface area contributed by atoms with Crippen molar-refractivity contribution in [2.24, 2.45) is 0 Å². The molecule has 0 bridgehead atoms. The Morgan fingerprint density at radius 1 is 1.35 bits per heavy atom. The molecule has 1 unspecified atom stereocenters. The van der Waals surface area contributed by atoms with E-state index in [9.17, 15) is 13.2 Å². The van der Waals surface area contributed by atoms with Crippen molar-refractivity contribution in [1.82, 2.24) is 20.1 Å². The van der Waals surface area contributed by atoms with Crippen molar-refractivity contribution in [2.45, 2.75) is 50.9 Å². The highest BCUT2D eigenvalue weighted by Crippen LogP contribution is 2.14. The van der Waals surface area contributed by atoms with E-state index in [2.05, 4.69) is 15.5 Å². The highest BCUT2D eigenvalue weighted by Gasteiger charge is 2.24. The van der Waals surface area contributed by atoms with Crippen LogP contribution in [0, 0.1) is 0 Å². The minimum absolute atomic E-state index is 0.214. The van der Waals surface area contributed by atoms with E-state index in [0.717, 1.165) is 37.9 Å². The first-order valence-corrected chi connectivity index (χ1v) is 8.72. The maximum absolute atomic E-state index is 11.8. The smallest absolute Gasteiger partial charge is 0.238 e. The molecule has 0 radical (unpaired) electrons. The zero-order chi connectivity index (χ0) is 14.8. The molecule has 1 atom stereocenters. The molecule has 112 valence electrons. The predicted molar refractivity (Wildman–Crippen MR) is 73.7 cm³/mol. The summed E-state index contributed by atoms with van der Waals surface area (Å²) in [4.78, 5) is 11.8. The van der Waals surface area contributed by atoms with Crippen molar-refractivity contribution in [3.63, 3.8) is 0 Å². The van der Waals surface area contributed by atoms with Gasteiger partial charge in [0.1, 0.15) is 11.1 Å². The van der Waals surface area contributed by atoms with Crippen LogP contribution in [0.3, 0.4) is 0 Å². The van der Waals surface area contributed by atoms with Gasteiger partial charge in [0.2, 0.25) is 5.91 Å². The topological polar surface area (TPSA) is 93.9 Å². The minimum atomic E-state index is -3.37. The third kappa shape index (κ3) is 3.36. The summed E-state index contributed by atoms with van der Waals surface area (Å²) < 4.78 is 24.7. The summed E-state index contributed by atoms with van der Waals surface area (Å²) in [6, 6.07) is 0. The fraction of sp³-hybridized carbons (Fsp3) is 0.750. The molecule has 0 fully saturated rings. The number of rotatable bonds is 4. The first-order chi connectivity index (χ1) is 9.39. The molecule has 2 rings (SSSR count). The number of amides is 1. The molecule has 1 aromatic heterocycles. The van der Waals surface area contributed by atoms with Crippen LogP contribution < -0.4 is 5.32 Å². The largest absolute Gasteiger partial charge is 0.348 e. The first kappa shape index (κ1) is 15.0. The van der Waals surface area contributed by atoms with Crippen LogP contribution in [-0.2, 0) is 34.1 Å². The van der Waals surface area contributed by atoms with E-state index < -0.39 is 21.0 Å². The third-order valence-corrected chi connectivity index (χ3v) is 5.12. The first-order valence-electron chi connectivity index (χ1n) is 6.77. The van der Waals surface area contributed by atoms with E-state index in [4.69, 9.17) is 0 Å². The van der Waals surface area contributed by atoms with Crippen LogP contribution in [0.4, 0.5) is 0 Å². The van der Waals surface area contributed by atoms with E-state index in [1.807, 2.05) is 4.57 Å². The van der Waals surface area contributed by atoms with Gasteiger partial charge < -0.3 is 9.88 Å². The summed E-state index contributed by atoms with van der Waals surface area (Å²) in [6.45, 7) is 2.45. The number of hydrogen-bond acceptors (Lipinski definition) is 5. The number of carbonyl (C=O) groups is 1. The predicted octanol–water partition coefficient (Wildman–Crippen LogP) is 0.0538. The van der Waals surface area contributed by atoms with Crippen molar-refractivity contribution in [1.29, 1.82) is 0 Å². The van der Waals surface area contributed by atoms with Crippen LogP contribution in [0.15, 0.2) is 0 Å². The van der Waals surface area contributed by atoms with Gasteiger partial charge in [0.15, 0.2) is 15.7 Å². The van der Waals surface area contributed by atoms with Gasteiger partial charge in [0, 0.05) is 19.2 Å². The second-order valence-electron chi connectivity index (χ2n) is 5.18. The Labute approximate surface area is 118 Å². The Balaban J connectivity index is 2.01. The Kier molecular flexibility index (Phi) is 4.42. The third-order valence-electron chi connectivity index (χ3n) is 3.62. The molecule has 7 nitrogen and oxygen atoms in total. The SMILES string of the molecule is CC(C(=O)NCc1nnc2n1CCCCC2)S(C)(=O)=O. The maximum atomic E-state index is 11.8. The number of carbonyl (C=O) groups excluding carboxylic acids is 1. The van der Waals surface area contributed by atoms with Gasteiger partial charge in [-0.15, -0.1) is 10.2 Å². The number of fused-ring (bicyclic) bond motifs is 1. The van der Waals surface area contributed by atoms with Gasteiger partial charge in [-0.25, -0.2) is 8.42 Å². The molecular weight excluding hydrogens is 280 g/mol. The minimum Gasteiger partial charge on any atom is -0.348 e. The molecule has 0 aliphatic carbocycles. The lowest BCUT2D eigenvalue weighted by Crippen LogP contribution is -2.37. The molecule has 1 aliphatic rings. The van der Waals surface area contributed by atoms with Crippen LogP contribution in [0.5, 0.6) is 0 Å². The average Bonchev–Trinajstić information content (AvgIpc) is 2.61. The van der Waals surface area contributed by atoms with Gasteiger partial charge in [-0.2, -0.15) is 0 Å². The van der Waals surface area contributed by atoms with E-state index >= 15 is 0 Å². The number of nitrogens with zero attached hydrogens (tertiary/aromatic N) is 3. The summed E-state index contributed by atoms with van der Waals surface area (Å²) in [6.07, 6.45) is 5.31. The standard InChI is InChI=1S/C12H20N4O3S/c1-9(20(2,18)19)12(17)13-8-11-15-14-10-6-4-3-5-7-16(10)11/h9H,3-8H2,1-2H3,(H,13,17). The Morgan fingerprint density at radius 3 is 2.80 bits per heavy atom. The van der Waals surface area contributed by atoms with Gasteiger partial charge in [-0.05, 0) is 19.8 Å². The Morgan fingerprint density at radius 2 is 2.10 bits per heavy atom. The summed E-state index contributed by atoms with van der Waals surface area (Å²) in [5.74, 6) is 1.14. The van der Waals surface area contributed by atoms with Crippen molar-refractivity contribution < 1.29 is 13.2 Å². The normalized spacial score (nSPS) is 17.1. The number of aromatic nitrogens is 3. The van der Waals surface area contributed by atoms with Crippen LogP contribution in [0.25, 0.3) is 0 Å². The van der Waals surface area contributed by atoms with E-state index in [0.29, 0.717) is 5.82 Å². The highest BCUT2D eigenvalue weighted by molar-refractivity contribution is 7.92. The molecule has 0 spiro atoms. The Hall–Kier alpha value is -1.44.